The van der Waals surface area contributed by atoms with E-state index in [1.54, 1.807) is 12.1 Å². The number of benzene rings is 2. The minimum absolute atomic E-state index is 0.000324. The van der Waals surface area contributed by atoms with Crippen molar-refractivity contribution >= 4 is 39.1 Å². The fraction of sp³-hybridized carbons (Fsp3) is 0.188. The number of carbonyl (C=O) groups is 1. The lowest BCUT2D eigenvalue weighted by molar-refractivity contribution is 0.0985. The van der Waals surface area contributed by atoms with Gasteiger partial charge >= 0.3 is 0 Å². The molecule has 0 aliphatic carbocycles. The van der Waals surface area contributed by atoms with Crippen LogP contribution in [0.2, 0.25) is 5.02 Å². The van der Waals surface area contributed by atoms with Crippen LogP contribution < -0.4 is 4.90 Å². The third-order valence-corrected chi connectivity index (χ3v) is 4.14. The van der Waals surface area contributed by atoms with E-state index >= 15 is 0 Å². The number of amides is 1. The van der Waals surface area contributed by atoms with Crippen LogP contribution in [0, 0.1) is 0 Å². The largest absolute Gasteiger partial charge is 0.308 e. The van der Waals surface area contributed by atoms with E-state index in [4.69, 9.17) is 11.6 Å². The van der Waals surface area contributed by atoms with Crippen LogP contribution in [0.15, 0.2) is 46.9 Å². The van der Waals surface area contributed by atoms with Crippen LogP contribution in [0.3, 0.4) is 0 Å². The number of rotatable bonds is 1. The molecule has 1 aliphatic rings. The molecule has 2 aromatic rings. The normalized spacial score (nSPS) is 14.0. The third-order valence-electron chi connectivity index (χ3n) is 3.46. The molecular weight excluding hydrogens is 338 g/mol. The van der Waals surface area contributed by atoms with Crippen molar-refractivity contribution in [1.82, 2.24) is 0 Å². The summed E-state index contributed by atoms with van der Waals surface area (Å²) in [6.45, 7) is 0.750. The molecule has 0 saturated heterocycles. The van der Waals surface area contributed by atoms with Crippen molar-refractivity contribution in [2.75, 3.05) is 11.4 Å². The summed E-state index contributed by atoms with van der Waals surface area (Å²) in [5.41, 5.74) is 2.86. The van der Waals surface area contributed by atoms with Gasteiger partial charge in [-0.25, -0.2) is 0 Å². The number of halogens is 2. The zero-order chi connectivity index (χ0) is 14.1. The standard InChI is InChI=1S/C16H13BrClNO/c17-13-8-12(9-14(18)10-13)16(20)19-7-3-5-11-4-1-2-6-15(11)19/h1-2,4,6,8-10H,3,5,7H2. The molecule has 0 fully saturated rings. The summed E-state index contributed by atoms with van der Waals surface area (Å²) >= 11 is 9.41. The van der Waals surface area contributed by atoms with Crippen molar-refractivity contribution in [2.45, 2.75) is 12.8 Å². The SMILES string of the molecule is O=C(c1cc(Cl)cc(Br)c1)N1CCCc2ccccc21. The van der Waals surface area contributed by atoms with E-state index in [-0.39, 0.29) is 5.91 Å². The highest BCUT2D eigenvalue weighted by atomic mass is 79.9. The first-order valence-corrected chi connectivity index (χ1v) is 7.68. The van der Waals surface area contributed by atoms with Gasteiger partial charge in [-0.2, -0.15) is 0 Å². The lowest BCUT2D eigenvalue weighted by atomic mass is 10.0. The molecule has 1 heterocycles. The van der Waals surface area contributed by atoms with Crippen molar-refractivity contribution < 1.29 is 4.79 Å². The summed E-state index contributed by atoms with van der Waals surface area (Å²) in [5.74, 6) is 0.000324. The van der Waals surface area contributed by atoms with E-state index < -0.39 is 0 Å². The molecule has 20 heavy (non-hydrogen) atoms. The van der Waals surface area contributed by atoms with Crippen molar-refractivity contribution in [2.24, 2.45) is 0 Å². The molecule has 0 unspecified atom stereocenters. The lowest BCUT2D eigenvalue weighted by Crippen LogP contribution is -2.35. The molecule has 0 N–H and O–H groups in total. The first-order valence-electron chi connectivity index (χ1n) is 6.51. The van der Waals surface area contributed by atoms with Crippen molar-refractivity contribution in [3.05, 3.63) is 63.1 Å². The molecule has 2 nitrogen and oxygen atoms in total. The van der Waals surface area contributed by atoms with E-state index in [2.05, 4.69) is 22.0 Å². The Morgan fingerprint density at radius 3 is 2.80 bits per heavy atom. The highest BCUT2D eigenvalue weighted by Crippen LogP contribution is 2.29. The van der Waals surface area contributed by atoms with E-state index in [0.717, 1.165) is 29.5 Å². The lowest BCUT2D eigenvalue weighted by Gasteiger charge is -2.29. The molecule has 1 aliphatic heterocycles. The number of hydrogen-bond donors (Lipinski definition) is 0. The average molecular weight is 351 g/mol. The smallest absolute Gasteiger partial charge is 0.258 e. The quantitative estimate of drug-likeness (QED) is 0.730. The molecule has 3 rings (SSSR count). The van der Waals surface area contributed by atoms with Gasteiger partial charge in [0.05, 0.1) is 0 Å². The Kier molecular flexibility index (Phi) is 3.81. The van der Waals surface area contributed by atoms with Crippen LogP contribution in [0.5, 0.6) is 0 Å². The summed E-state index contributed by atoms with van der Waals surface area (Å²) < 4.78 is 0.818. The summed E-state index contributed by atoms with van der Waals surface area (Å²) in [5, 5.41) is 0.563. The van der Waals surface area contributed by atoms with Gasteiger partial charge in [-0.1, -0.05) is 45.7 Å². The minimum atomic E-state index is 0.000324. The number of aryl methyl sites for hydroxylation is 1. The first-order chi connectivity index (χ1) is 9.65. The van der Waals surface area contributed by atoms with Gasteiger partial charge in [0.25, 0.3) is 5.91 Å². The fourth-order valence-corrected chi connectivity index (χ4v) is 3.44. The van der Waals surface area contributed by atoms with Crippen LogP contribution in [-0.4, -0.2) is 12.5 Å². The summed E-state index contributed by atoms with van der Waals surface area (Å²) in [6, 6.07) is 13.4. The van der Waals surface area contributed by atoms with E-state index in [9.17, 15) is 4.79 Å². The zero-order valence-electron chi connectivity index (χ0n) is 10.8. The topological polar surface area (TPSA) is 20.3 Å². The molecule has 102 valence electrons. The maximum atomic E-state index is 12.7. The van der Waals surface area contributed by atoms with Crippen molar-refractivity contribution in [3.63, 3.8) is 0 Å². The van der Waals surface area contributed by atoms with E-state index in [1.165, 1.54) is 5.56 Å². The number of para-hydroxylation sites is 1. The number of fused-ring (bicyclic) bond motifs is 1. The zero-order valence-corrected chi connectivity index (χ0v) is 13.1. The van der Waals surface area contributed by atoms with Crippen LogP contribution >= 0.6 is 27.5 Å². The molecule has 0 saturated carbocycles. The maximum Gasteiger partial charge on any atom is 0.258 e. The Morgan fingerprint density at radius 2 is 2.00 bits per heavy atom. The Hall–Kier alpha value is -1.32. The molecular formula is C16H13BrClNO. The highest BCUT2D eigenvalue weighted by Gasteiger charge is 2.23. The Bertz CT molecular complexity index is 651. The molecule has 0 bridgehead atoms. The Morgan fingerprint density at radius 1 is 1.20 bits per heavy atom. The second-order valence-corrected chi connectivity index (χ2v) is 6.20. The van der Waals surface area contributed by atoms with Gasteiger partial charge in [-0.3, -0.25) is 4.79 Å². The molecule has 0 aromatic heterocycles. The number of hydrogen-bond acceptors (Lipinski definition) is 1. The van der Waals surface area contributed by atoms with E-state index in [0.29, 0.717) is 10.6 Å². The van der Waals surface area contributed by atoms with E-state index in [1.807, 2.05) is 29.2 Å². The van der Waals surface area contributed by atoms with Gasteiger partial charge < -0.3 is 4.90 Å². The highest BCUT2D eigenvalue weighted by molar-refractivity contribution is 9.10. The molecule has 2 aromatic carbocycles. The third kappa shape index (κ3) is 2.60. The Labute approximate surface area is 131 Å². The van der Waals surface area contributed by atoms with Gasteiger partial charge in [0.1, 0.15) is 0 Å². The monoisotopic (exact) mass is 349 g/mol. The predicted molar refractivity (Wildman–Crippen MR) is 85.6 cm³/mol. The van der Waals surface area contributed by atoms with Crippen LogP contribution in [-0.2, 0) is 6.42 Å². The van der Waals surface area contributed by atoms with Crippen LogP contribution in [0.25, 0.3) is 0 Å². The molecule has 0 radical (unpaired) electrons. The molecule has 0 spiro atoms. The van der Waals surface area contributed by atoms with Crippen molar-refractivity contribution in [3.8, 4) is 0 Å². The van der Waals surface area contributed by atoms with Gasteiger partial charge in [-0.05, 0) is 42.7 Å². The molecule has 1 amide bonds. The number of anilines is 1. The number of carbonyl (C=O) groups excluding carboxylic acids is 1. The Balaban J connectivity index is 1.99. The van der Waals surface area contributed by atoms with Gasteiger partial charge in [0.2, 0.25) is 0 Å². The van der Waals surface area contributed by atoms with Gasteiger partial charge in [-0.15, -0.1) is 0 Å². The second kappa shape index (κ2) is 5.58. The predicted octanol–water partition coefficient (Wildman–Crippen LogP) is 4.70. The average Bonchev–Trinajstić information content (AvgIpc) is 2.45. The van der Waals surface area contributed by atoms with Crippen LogP contribution in [0.4, 0.5) is 5.69 Å². The summed E-state index contributed by atoms with van der Waals surface area (Å²) in [4.78, 5) is 14.6. The molecule has 0 atom stereocenters. The first kappa shape index (κ1) is 13.7. The minimum Gasteiger partial charge on any atom is -0.308 e. The van der Waals surface area contributed by atoms with Crippen LogP contribution in [0.1, 0.15) is 22.3 Å². The number of nitrogens with zero attached hydrogens (tertiary/aromatic N) is 1. The fourth-order valence-electron chi connectivity index (χ4n) is 2.58. The molecule has 4 heteroatoms. The van der Waals surface area contributed by atoms with Gasteiger partial charge in [0.15, 0.2) is 0 Å². The summed E-state index contributed by atoms with van der Waals surface area (Å²) in [6.07, 6.45) is 2.02. The summed E-state index contributed by atoms with van der Waals surface area (Å²) in [7, 11) is 0. The van der Waals surface area contributed by atoms with Crippen molar-refractivity contribution in [1.29, 1.82) is 0 Å². The maximum absolute atomic E-state index is 12.7. The van der Waals surface area contributed by atoms with Gasteiger partial charge in [0, 0.05) is 27.3 Å². The second-order valence-electron chi connectivity index (χ2n) is 4.85.